The van der Waals surface area contributed by atoms with Crippen LogP contribution in [0, 0.1) is 0 Å². The zero-order valence-electron chi connectivity index (χ0n) is 19.1. The summed E-state index contributed by atoms with van der Waals surface area (Å²) >= 11 is 3.38. The number of aromatic nitrogens is 4. The summed E-state index contributed by atoms with van der Waals surface area (Å²) in [5.41, 5.74) is 1.99. The van der Waals surface area contributed by atoms with Crippen LogP contribution in [0.15, 0.2) is 69.4 Å². The van der Waals surface area contributed by atoms with Gasteiger partial charge in [0.05, 0.1) is 30.6 Å². The number of aliphatic hydroxyl groups is 4. The summed E-state index contributed by atoms with van der Waals surface area (Å²) in [5, 5.41) is 67.4. The number of hydrogen-bond acceptors (Lipinski definition) is 11. The van der Waals surface area contributed by atoms with Crippen molar-refractivity contribution in [2.75, 3.05) is 6.61 Å². The van der Waals surface area contributed by atoms with Crippen molar-refractivity contribution in [2.45, 2.75) is 37.3 Å². The van der Waals surface area contributed by atoms with E-state index < -0.39 is 37.3 Å². The van der Waals surface area contributed by atoms with Gasteiger partial charge in [0.1, 0.15) is 30.1 Å². The minimum Gasteiger partial charge on any atom is -0.493 e. The number of azo groups is 1. The van der Waals surface area contributed by atoms with Gasteiger partial charge in [-0.05, 0) is 35.5 Å². The lowest BCUT2D eigenvalue weighted by molar-refractivity contribution is -0.303. The molecule has 0 radical (unpaired) electrons. The van der Waals surface area contributed by atoms with Gasteiger partial charge in [0, 0.05) is 9.86 Å². The number of rotatable bonds is 7. The molecule has 0 spiro atoms. The summed E-state index contributed by atoms with van der Waals surface area (Å²) in [6, 6.07) is 14.6. The molecule has 5 N–H and O–H groups in total. The van der Waals surface area contributed by atoms with E-state index in [1.807, 2.05) is 36.4 Å². The van der Waals surface area contributed by atoms with Crippen molar-refractivity contribution in [1.29, 1.82) is 0 Å². The Kier molecular flexibility index (Phi) is 7.19. The van der Waals surface area contributed by atoms with E-state index in [9.17, 15) is 25.5 Å². The van der Waals surface area contributed by atoms with Crippen LogP contribution in [0.1, 0.15) is 5.69 Å². The van der Waals surface area contributed by atoms with E-state index in [2.05, 4.69) is 36.5 Å². The molecule has 3 heterocycles. The van der Waals surface area contributed by atoms with Crippen molar-refractivity contribution in [3.8, 4) is 5.88 Å². The topological polar surface area (TPSA) is 180 Å². The molecule has 1 saturated heterocycles. The molecule has 2 aromatic carbocycles. The van der Waals surface area contributed by atoms with Gasteiger partial charge in [-0.15, -0.1) is 10.2 Å². The molecule has 0 bridgehead atoms. The van der Waals surface area contributed by atoms with E-state index in [1.54, 1.807) is 16.7 Å². The lowest BCUT2D eigenvalue weighted by Gasteiger charge is -2.38. The lowest BCUT2D eigenvalue weighted by Crippen LogP contribution is -2.61. The predicted molar refractivity (Wildman–Crippen MR) is 131 cm³/mol. The van der Waals surface area contributed by atoms with Crippen LogP contribution in [0.3, 0.4) is 0 Å². The standard InChI is InChI=1S/C23H23BrN6O7/c24-12-5-7-13(8-6-12)25-27-18-15-3-1-2-4-16(15)29(22(18)35)9-14-10-30(28-26-14)37-23-21(34)20(33)19(32)17(11-31)36-23/h1-8,10,17,19-21,23,31-35H,9,11H2/t17-,19+,20+,21-,23+/m1/s1. The third kappa shape index (κ3) is 5.07. The van der Waals surface area contributed by atoms with Crippen LogP contribution >= 0.6 is 15.9 Å². The fraction of sp³-hybridized carbons (Fsp3) is 0.304. The molecule has 0 unspecified atom stereocenters. The van der Waals surface area contributed by atoms with Crippen molar-refractivity contribution in [2.24, 2.45) is 10.2 Å². The van der Waals surface area contributed by atoms with Gasteiger partial charge in [-0.3, -0.25) is 0 Å². The molecule has 0 aliphatic carbocycles. The fourth-order valence-corrected chi connectivity index (χ4v) is 4.24. The first kappa shape index (κ1) is 25.3. The first-order valence-electron chi connectivity index (χ1n) is 11.2. The molecular formula is C23H23BrN6O7. The van der Waals surface area contributed by atoms with Crippen molar-refractivity contribution < 1.29 is 35.1 Å². The highest BCUT2D eigenvalue weighted by Crippen LogP contribution is 2.39. The van der Waals surface area contributed by atoms with E-state index in [0.29, 0.717) is 28.0 Å². The molecule has 0 amide bonds. The molecule has 13 nitrogen and oxygen atoms in total. The summed E-state index contributed by atoms with van der Waals surface area (Å²) < 4.78 is 7.82. The van der Waals surface area contributed by atoms with Gasteiger partial charge >= 0.3 is 0 Å². The molecule has 0 saturated carbocycles. The summed E-state index contributed by atoms with van der Waals surface area (Å²) in [7, 11) is 0. The molecule has 2 aromatic heterocycles. The highest BCUT2D eigenvalue weighted by atomic mass is 79.9. The van der Waals surface area contributed by atoms with Crippen LogP contribution < -0.4 is 4.84 Å². The second kappa shape index (κ2) is 10.5. The second-order valence-corrected chi connectivity index (χ2v) is 9.28. The van der Waals surface area contributed by atoms with E-state index in [-0.39, 0.29) is 12.4 Å². The average Bonchev–Trinajstić information content (AvgIpc) is 3.46. The maximum Gasteiger partial charge on any atom is 0.256 e. The average molecular weight is 575 g/mol. The fourth-order valence-electron chi connectivity index (χ4n) is 3.97. The Morgan fingerprint density at radius 1 is 1.00 bits per heavy atom. The Morgan fingerprint density at radius 2 is 1.76 bits per heavy atom. The number of para-hydroxylation sites is 1. The zero-order valence-corrected chi connectivity index (χ0v) is 20.7. The SMILES string of the molecule is OC[C@H]1O[C@@H](On2cc(Cn3c(O)c(N=Nc4ccc(Br)cc4)c4ccccc43)nn2)[C@H](O)[C@@H](O)[C@H]1O. The smallest absolute Gasteiger partial charge is 0.256 e. The number of hydrogen-bond donors (Lipinski definition) is 5. The second-order valence-electron chi connectivity index (χ2n) is 8.37. The molecular weight excluding hydrogens is 552 g/mol. The zero-order chi connectivity index (χ0) is 26.1. The van der Waals surface area contributed by atoms with E-state index in [0.717, 1.165) is 9.32 Å². The lowest BCUT2D eigenvalue weighted by atomic mass is 9.99. The Balaban J connectivity index is 1.37. The Morgan fingerprint density at radius 3 is 2.51 bits per heavy atom. The molecule has 1 aliphatic rings. The Bertz CT molecular complexity index is 1410. The Hall–Kier alpha value is -3.40. The van der Waals surface area contributed by atoms with Gasteiger partial charge < -0.3 is 39.7 Å². The van der Waals surface area contributed by atoms with Crippen LogP contribution in [0.4, 0.5) is 11.4 Å². The minimum atomic E-state index is -1.60. The Labute approximate surface area is 217 Å². The van der Waals surface area contributed by atoms with Crippen LogP contribution in [0.5, 0.6) is 5.88 Å². The molecule has 1 fully saturated rings. The van der Waals surface area contributed by atoms with Crippen LogP contribution in [0.25, 0.3) is 10.9 Å². The normalized spacial score (nSPS) is 24.2. The summed E-state index contributed by atoms with van der Waals surface area (Å²) in [5.74, 6) is -0.119. The van der Waals surface area contributed by atoms with Crippen molar-refractivity contribution in [3.63, 3.8) is 0 Å². The molecule has 5 atom stereocenters. The quantitative estimate of drug-likeness (QED) is 0.204. The number of halogens is 1. The van der Waals surface area contributed by atoms with Crippen molar-refractivity contribution in [1.82, 2.24) is 19.7 Å². The van der Waals surface area contributed by atoms with Gasteiger partial charge in [-0.25, -0.2) is 0 Å². The number of fused-ring (bicyclic) bond motifs is 1. The van der Waals surface area contributed by atoms with Gasteiger partial charge in [0.25, 0.3) is 6.29 Å². The minimum absolute atomic E-state index is 0.0954. The number of ether oxygens (including phenoxy) is 1. The molecule has 194 valence electrons. The van der Waals surface area contributed by atoms with Crippen LogP contribution in [-0.2, 0) is 11.3 Å². The van der Waals surface area contributed by atoms with Crippen molar-refractivity contribution >= 4 is 38.2 Å². The number of benzene rings is 2. The van der Waals surface area contributed by atoms with E-state index in [4.69, 9.17) is 9.57 Å². The van der Waals surface area contributed by atoms with Gasteiger partial charge in [-0.2, -0.15) is 5.11 Å². The van der Waals surface area contributed by atoms with E-state index in [1.165, 1.54) is 6.20 Å². The number of aromatic hydroxyl groups is 1. The predicted octanol–water partition coefficient (Wildman–Crippen LogP) is 1.39. The van der Waals surface area contributed by atoms with Crippen molar-refractivity contribution in [3.05, 3.63) is 64.9 Å². The third-order valence-corrected chi connectivity index (χ3v) is 6.44. The molecule has 14 heteroatoms. The largest absolute Gasteiger partial charge is 0.493 e. The highest BCUT2D eigenvalue weighted by Gasteiger charge is 2.45. The summed E-state index contributed by atoms with van der Waals surface area (Å²) in [6.07, 6.45) is -5.84. The maximum atomic E-state index is 11.0. The molecule has 37 heavy (non-hydrogen) atoms. The first-order chi connectivity index (χ1) is 17.9. The first-order valence-corrected chi connectivity index (χ1v) is 12.0. The molecule has 4 aromatic rings. The summed E-state index contributed by atoms with van der Waals surface area (Å²) in [6.45, 7) is -0.493. The van der Waals surface area contributed by atoms with Crippen LogP contribution in [-0.4, -0.2) is 82.6 Å². The van der Waals surface area contributed by atoms with Crippen LogP contribution in [0.2, 0.25) is 0 Å². The third-order valence-electron chi connectivity index (χ3n) is 5.91. The summed E-state index contributed by atoms with van der Waals surface area (Å²) in [4.78, 5) is 6.37. The van der Waals surface area contributed by atoms with Gasteiger partial charge in [0.15, 0.2) is 5.69 Å². The molecule has 1 aliphatic heterocycles. The maximum absolute atomic E-state index is 11.0. The highest BCUT2D eigenvalue weighted by molar-refractivity contribution is 9.10. The monoisotopic (exact) mass is 574 g/mol. The molecule has 5 rings (SSSR count). The number of nitrogens with zero attached hydrogens (tertiary/aromatic N) is 6. The number of aliphatic hydroxyl groups excluding tert-OH is 4. The van der Waals surface area contributed by atoms with Gasteiger partial charge in [-0.1, -0.05) is 39.0 Å². The van der Waals surface area contributed by atoms with Gasteiger partial charge in [0.2, 0.25) is 5.88 Å². The van der Waals surface area contributed by atoms with E-state index >= 15 is 0 Å².